The van der Waals surface area contributed by atoms with Crippen LogP contribution >= 0.6 is 0 Å². The summed E-state index contributed by atoms with van der Waals surface area (Å²) in [6.45, 7) is 6.90. The summed E-state index contributed by atoms with van der Waals surface area (Å²) >= 11 is 0. The number of benzene rings is 1. The van der Waals surface area contributed by atoms with E-state index in [0.29, 0.717) is 18.8 Å². The van der Waals surface area contributed by atoms with Gasteiger partial charge in [-0.3, -0.25) is 0 Å². The van der Waals surface area contributed by atoms with Crippen LogP contribution in [0.2, 0.25) is 0 Å². The zero-order chi connectivity index (χ0) is 13.1. The van der Waals surface area contributed by atoms with E-state index in [0.717, 1.165) is 24.2 Å². The number of hydrogen-bond acceptors (Lipinski definition) is 2. The van der Waals surface area contributed by atoms with Gasteiger partial charge in [-0.05, 0) is 49.4 Å². The Morgan fingerprint density at radius 3 is 2.78 bits per heavy atom. The van der Waals surface area contributed by atoms with Gasteiger partial charge in [-0.25, -0.2) is 4.39 Å². The van der Waals surface area contributed by atoms with Gasteiger partial charge in [-0.2, -0.15) is 0 Å². The van der Waals surface area contributed by atoms with Gasteiger partial charge in [0.25, 0.3) is 0 Å². The topological polar surface area (TPSA) is 21.8 Å². The van der Waals surface area contributed by atoms with Gasteiger partial charge in [0.1, 0.15) is 11.6 Å². The van der Waals surface area contributed by atoms with E-state index in [1.54, 1.807) is 12.1 Å². The van der Waals surface area contributed by atoms with Crippen molar-refractivity contribution in [3.05, 3.63) is 29.6 Å². The van der Waals surface area contributed by atoms with E-state index in [9.17, 15) is 4.39 Å². The Morgan fingerprint density at radius 1 is 1.44 bits per heavy atom. The van der Waals surface area contributed by atoms with E-state index in [2.05, 4.69) is 20.8 Å². The molecule has 100 valence electrons. The normalized spacial score (nSPS) is 23.8. The SMILES string of the molecule is CCCOc1ccc(F)cc1C(C)CC1OC1C. The van der Waals surface area contributed by atoms with Crippen LogP contribution in [0.25, 0.3) is 0 Å². The molecule has 0 N–H and O–H groups in total. The lowest BCUT2D eigenvalue weighted by Gasteiger charge is -2.16. The lowest BCUT2D eigenvalue weighted by molar-refractivity contribution is 0.309. The third-order valence-electron chi connectivity index (χ3n) is 3.39. The van der Waals surface area contributed by atoms with Crippen LogP contribution < -0.4 is 4.74 Å². The molecule has 3 atom stereocenters. The van der Waals surface area contributed by atoms with E-state index >= 15 is 0 Å². The Hall–Kier alpha value is -1.09. The second kappa shape index (κ2) is 5.70. The summed E-state index contributed by atoms with van der Waals surface area (Å²) in [7, 11) is 0. The maximum Gasteiger partial charge on any atom is 0.123 e. The molecule has 1 saturated heterocycles. The minimum absolute atomic E-state index is 0.203. The van der Waals surface area contributed by atoms with Crippen molar-refractivity contribution in [2.45, 2.75) is 51.7 Å². The molecule has 0 amide bonds. The molecule has 2 rings (SSSR count). The van der Waals surface area contributed by atoms with Crippen LogP contribution in [0.15, 0.2) is 18.2 Å². The van der Waals surface area contributed by atoms with Crippen molar-refractivity contribution in [2.75, 3.05) is 6.61 Å². The second-order valence-electron chi connectivity index (χ2n) is 5.05. The first-order valence-electron chi connectivity index (χ1n) is 6.69. The summed E-state index contributed by atoms with van der Waals surface area (Å²) in [5.41, 5.74) is 0.950. The minimum atomic E-state index is -0.203. The Kier molecular flexibility index (Phi) is 4.23. The Bertz CT molecular complexity index is 405. The van der Waals surface area contributed by atoms with Crippen molar-refractivity contribution in [1.82, 2.24) is 0 Å². The number of halogens is 1. The largest absolute Gasteiger partial charge is 0.493 e. The van der Waals surface area contributed by atoms with Crippen molar-refractivity contribution < 1.29 is 13.9 Å². The fourth-order valence-corrected chi connectivity index (χ4v) is 2.20. The van der Waals surface area contributed by atoms with Gasteiger partial charge >= 0.3 is 0 Å². The smallest absolute Gasteiger partial charge is 0.123 e. The van der Waals surface area contributed by atoms with Crippen LogP contribution in [0.5, 0.6) is 5.75 Å². The van der Waals surface area contributed by atoms with Crippen molar-refractivity contribution >= 4 is 0 Å². The lowest BCUT2D eigenvalue weighted by Crippen LogP contribution is -2.05. The minimum Gasteiger partial charge on any atom is -0.493 e. The first kappa shape index (κ1) is 13.3. The molecule has 1 aromatic rings. The fraction of sp³-hybridized carbons (Fsp3) is 0.600. The third-order valence-corrected chi connectivity index (χ3v) is 3.39. The molecule has 1 aromatic carbocycles. The van der Waals surface area contributed by atoms with Crippen LogP contribution in [-0.4, -0.2) is 18.8 Å². The number of rotatable bonds is 6. The predicted octanol–water partition coefficient (Wildman–Crippen LogP) is 3.90. The molecule has 0 spiro atoms. The van der Waals surface area contributed by atoms with E-state index < -0.39 is 0 Å². The van der Waals surface area contributed by atoms with Crippen molar-refractivity contribution in [3.63, 3.8) is 0 Å². The van der Waals surface area contributed by atoms with Gasteiger partial charge in [-0.15, -0.1) is 0 Å². The van der Waals surface area contributed by atoms with E-state index in [1.807, 2.05) is 0 Å². The molecule has 2 nitrogen and oxygen atoms in total. The van der Waals surface area contributed by atoms with E-state index in [1.165, 1.54) is 6.07 Å². The Balaban J connectivity index is 2.09. The van der Waals surface area contributed by atoms with Crippen LogP contribution in [0, 0.1) is 5.82 Å². The fourth-order valence-electron chi connectivity index (χ4n) is 2.20. The van der Waals surface area contributed by atoms with Crippen LogP contribution in [0.1, 0.15) is 45.1 Å². The highest BCUT2D eigenvalue weighted by Crippen LogP contribution is 2.36. The monoisotopic (exact) mass is 252 g/mol. The molecule has 0 radical (unpaired) electrons. The van der Waals surface area contributed by atoms with Gasteiger partial charge in [0.15, 0.2) is 0 Å². The highest BCUT2D eigenvalue weighted by molar-refractivity contribution is 5.36. The first-order valence-corrected chi connectivity index (χ1v) is 6.69. The van der Waals surface area contributed by atoms with Gasteiger partial charge in [-0.1, -0.05) is 13.8 Å². The van der Waals surface area contributed by atoms with E-state index in [-0.39, 0.29) is 11.7 Å². The molecule has 18 heavy (non-hydrogen) atoms. The molecule has 1 heterocycles. The summed E-state index contributed by atoms with van der Waals surface area (Å²) < 4.78 is 24.5. The van der Waals surface area contributed by atoms with E-state index in [4.69, 9.17) is 9.47 Å². The summed E-state index contributed by atoms with van der Waals surface area (Å²) in [6, 6.07) is 4.77. The molecule has 0 aliphatic carbocycles. The van der Waals surface area contributed by atoms with Gasteiger partial charge < -0.3 is 9.47 Å². The number of epoxide rings is 1. The molecule has 1 fully saturated rings. The zero-order valence-electron chi connectivity index (χ0n) is 11.3. The maximum absolute atomic E-state index is 13.4. The zero-order valence-corrected chi connectivity index (χ0v) is 11.3. The number of ether oxygens (including phenoxy) is 2. The first-order chi connectivity index (χ1) is 8.61. The third kappa shape index (κ3) is 3.22. The van der Waals surface area contributed by atoms with Crippen molar-refractivity contribution in [1.29, 1.82) is 0 Å². The molecule has 0 bridgehead atoms. The number of hydrogen-bond donors (Lipinski definition) is 0. The second-order valence-corrected chi connectivity index (χ2v) is 5.05. The van der Waals surface area contributed by atoms with Gasteiger partial charge in [0.05, 0.1) is 18.8 Å². The molecular weight excluding hydrogens is 231 g/mol. The summed E-state index contributed by atoms with van der Waals surface area (Å²) in [4.78, 5) is 0. The van der Waals surface area contributed by atoms with Crippen molar-refractivity contribution in [3.8, 4) is 5.75 Å². The van der Waals surface area contributed by atoms with Crippen LogP contribution in [0.3, 0.4) is 0 Å². The summed E-state index contributed by atoms with van der Waals surface area (Å²) in [5, 5.41) is 0. The average Bonchev–Trinajstić information content (AvgIpc) is 3.03. The average molecular weight is 252 g/mol. The molecule has 0 saturated carbocycles. The quantitative estimate of drug-likeness (QED) is 0.716. The standard InChI is InChI=1S/C15H21FO2/c1-4-7-17-14-6-5-12(16)9-13(14)10(2)8-15-11(3)18-15/h5-6,9-11,15H,4,7-8H2,1-3H3. The van der Waals surface area contributed by atoms with Crippen molar-refractivity contribution in [2.24, 2.45) is 0 Å². The molecular formula is C15H21FO2. The predicted molar refractivity (Wildman–Crippen MR) is 69.6 cm³/mol. The van der Waals surface area contributed by atoms with Gasteiger partial charge in [0, 0.05) is 0 Å². The maximum atomic E-state index is 13.4. The van der Waals surface area contributed by atoms with Gasteiger partial charge in [0.2, 0.25) is 0 Å². The molecule has 1 aliphatic rings. The molecule has 3 heteroatoms. The molecule has 3 unspecified atom stereocenters. The lowest BCUT2D eigenvalue weighted by atomic mass is 9.94. The Labute approximate surface area is 108 Å². The molecule has 1 aliphatic heterocycles. The summed E-state index contributed by atoms with van der Waals surface area (Å²) in [5.74, 6) is 0.854. The highest BCUT2D eigenvalue weighted by Gasteiger charge is 2.35. The van der Waals surface area contributed by atoms with Crippen LogP contribution in [0.4, 0.5) is 4.39 Å². The highest BCUT2D eigenvalue weighted by atomic mass is 19.1. The molecule has 0 aromatic heterocycles. The Morgan fingerprint density at radius 2 is 2.17 bits per heavy atom. The summed E-state index contributed by atoms with van der Waals surface area (Å²) in [6.07, 6.45) is 2.55. The van der Waals surface area contributed by atoms with Crippen LogP contribution in [-0.2, 0) is 4.74 Å².